The molecule has 5 nitrogen and oxygen atoms in total. The van der Waals surface area contributed by atoms with Crippen LogP contribution in [0.1, 0.15) is 0 Å². The van der Waals surface area contributed by atoms with Crippen LogP contribution in [0.2, 0.25) is 0 Å². The fourth-order valence-corrected chi connectivity index (χ4v) is 1.51. The van der Waals surface area contributed by atoms with Crippen molar-refractivity contribution in [2.45, 2.75) is 4.34 Å². The summed E-state index contributed by atoms with van der Waals surface area (Å²) in [5.41, 5.74) is 0. The number of rotatable bonds is 2. The maximum atomic E-state index is 10.5. The lowest BCUT2D eigenvalue weighted by Crippen LogP contribution is -2.01. The maximum absolute atomic E-state index is 10.5. The molecule has 0 amide bonds. The van der Waals surface area contributed by atoms with E-state index in [1.165, 1.54) is 11.3 Å². The third-order valence-electron chi connectivity index (χ3n) is 0.792. The van der Waals surface area contributed by atoms with Gasteiger partial charge in [-0.15, -0.1) is 10.2 Å². The Balaban J connectivity index is 2.88. The van der Waals surface area contributed by atoms with Gasteiger partial charge in [-0.25, -0.2) is 9.35 Å². The van der Waals surface area contributed by atoms with Crippen LogP contribution in [0.25, 0.3) is 0 Å². The number of aromatic nitrogens is 2. The summed E-state index contributed by atoms with van der Waals surface area (Å²) in [6.07, 6.45) is 0. The highest BCUT2D eigenvalue weighted by molar-refractivity contribution is 7.85. The Morgan fingerprint density at radius 3 is 2.70 bits per heavy atom. The average molecular weight is 178 g/mol. The van der Waals surface area contributed by atoms with E-state index in [0.29, 0.717) is 9.47 Å². The zero-order valence-corrected chi connectivity index (χ0v) is 6.83. The van der Waals surface area contributed by atoms with E-state index in [9.17, 15) is 4.21 Å². The highest BCUT2D eigenvalue weighted by Gasteiger charge is 2.04. The first-order valence-corrected chi connectivity index (χ1v) is 4.44. The third-order valence-corrected chi connectivity index (χ3v) is 2.70. The van der Waals surface area contributed by atoms with Crippen LogP contribution < -0.4 is 10.5 Å². The predicted molar refractivity (Wildman–Crippen MR) is 40.1 cm³/mol. The molecular formula is C3H6N4OS2. The summed E-state index contributed by atoms with van der Waals surface area (Å²) in [6.45, 7) is 0. The molecule has 0 bridgehead atoms. The van der Waals surface area contributed by atoms with Crippen LogP contribution in [-0.4, -0.2) is 21.5 Å². The second-order valence-corrected chi connectivity index (χ2v) is 3.64. The van der Waals surface area contributed by atoms with Crippen LogP contribution in [0.4, 0.5) is 5.13 Å². The lowest BCUT2D eigenvalue weighted by molar-refractivity contribution is 0.682. The van der Waals surface area contributed by atoms with E-state index >= 15 is 0 Å². The molecule has 0 aliphatic carbocycles. The molecule has 1 aromatic heterocycles. The van der Waals surface area contributed by atoms with Crippen molar-refractivity contribution in [2.75, 3.05) is 12.4 Å². The second-order valence-electron chi connectivity index (χ2n) is 1.42. The molecule has 1 atom stereocenters. The molecule has 0 saturated heterocycles. The summed E-state index contributed by atoms with van der Waals surface area (Å²) in [5, 5.41) is 15.6. The van der Waals surface area contributed by atoms with E-state index in [0.717, 1.165) is 0 Å². The lowest BCUT2D eigenvalue weighted by Gasteiger charge is -1.83. The van der Waals surface area contributed by atoms with Gasteiger partial charge in [0, 0.05) is 7.05 Å². The molecule has 0 saturated carbocycles. The number of nitrogens with zero attached hydrogens (tertiary/aromatic N) is 2. The van der Waals surface area contributed by atoms with Gasteiger partial charge in [-0.05, 0) is 0 Å². The Kier molecular flexibility index (Phi) is 2.30. The fourth-order valence-electron chi connectivity index (χ4n) is 0.392. The van der Waals surface area contributed by atoms with E-state index < -0.39 is 11.0 Å². The SMILES string of the molecule is CNc1nnc(S(N)=O)s1. The topological polar surface area (TPSA) is 80.9 Å². The molecule has 0 aromatic carbocycles. The molecule has 7 heteroatoms. The molecule has 0 aliphatic rings. The summed E-state index contributed by atoms with van der Waals surface area (Å²) >= 11 is 1.18. The smallest absolute Gasteiger partial charge is 0.221 e. The molecule has 0 aliphatic heterocycles. The van der Waals surface area contributed by atoms with Gasteiger partial charge in [0.05, 0.1) is 0 Å². The van der Waals surface area contributed by atoms with Gasteiger partial charge in [0.1, 0.15) is 0 Å². The van der Waals surface area contributed by atoms with Crippen molar-refractivity contribution in [1.82, 2.24) is 10.2 Å². The minimum absolute atomic E-state index is 0.337. The molecule has 0 radical (unpaired) electrons. The van der Waals surface area contributed by atoms with E-state index in [1.54, 1.807) is 7.05 Å². The van der Waals surface area contributed by atoms with Gasteiger partial charge in [0.15, 0.2) is 11.0 Å². The molecule has 1 heterocycles. The van der Waals surface area contributed by atoms with Crippen LogP contribution >= 0.6 is 11.3 Å². The van der Waals surface area contributed by atoms with Crippen LogP contribution in [0.15, 0.2) is 4.34 Å². The van der Waals surface area contributed by atoms with Gasteiger partial charge in [-0.1, -0.05) is 11.3 Å². The number of nitrogens with one attached hydrogen (secondary N) is 1. The Bertz CT molecular complexity index is 246. The second kappa shape index (κ2) is 3.04. The molecule has 3 N–H and O–H groups in total. The molecule has 0 spiro atoms. The number of hydrogen-bond acceptors (Lipinski definition) is 5. The van der Waals surface area contributed by atoms with Gasteiger partial charge >= 0.3 is 0 Å². The number of anilines is 1. The quantitative estimate of drug-likeness (QED) is 0.643. The van der Waals surface area contributed by atoms with E-state index in [2.05, 4.69) is 15.5 Å². The maximum Gasteiger partial charge on any atom is 0.221 e. The largest absolute Gasteiger partial charge is 0.363 e. The minimum Gasteiger partial charge on any atom is -0.363 e. The molecule has 1 rings (SSSR count). The van der Waals surface area contributed by atoms with Crippen molar-refractivity contribution in [3.8, 4) is 0 Å². The average Bonchev–Trinajstić information content (AvgIpc) is 2.34. The van der Waals surface area contributed by atoms with Crippen LogP contribution in [0.5, 0.6) is 0 Å². The molecule has 1 aromatic rings. The van der Waals surface area contributed by atoms with Crippen molar-refractivity contribution in [1.29, 1.82) is 0 Å². The van der Waals surface area contributed by atoms with Gasteiger partial charge in [0.2, 0.25) is 9.47 Å². The Labute approximate surface area is 64.2 Å². The van der Waals surface area contributed by atoms with Crippen molar-refractivity contribution in [2.24, 2.45) is 5.14 Å². The first-order chi connectivity index (χ1) is 4.74. The van der Waals surface area contributed by atoms with Crippen molar-refractivity contribution in [3.05, 3.63) is 0 Å². The van der Waals surface area contributed by atoms with Crippen molar-refractivity contribution in [3.63, 3.8) is 0 Å². The highest BCUT2D eigenvalue weighted by atomic mass is 32.2. The monoisotopic (exact) mass is 178 g/mol. The van der Waals surface area contributed by atoms with Gasteiger partial charge in [0.25, 0.3) is 0 Å². The van der Waals surface area contributed by atoms with Crippen LogP contribution in [0.3, 0.4) is 0 Å². The van der Waals surface area contributed by atoms with Gasteiger partial charge in [-0.3, -0.25) is 0 Å². The summed E-state index contributed by atoms with van der Waals surface area (Å²) < 4.78 is 10.9. The number of nitrogens with two attached hydrogens (primary N) is 1. The third kappa shape index (κ3) is 1.49. The van der Waals surface area contributed by atoms with E-state index in [-0.39, 0.29) is 0 Å². The molecule has 1 unspecified atom stereocenters. The zero-order valence-electron chi connectivity index (χ0n) is 5.20. The van der Waals surface area contributed by atoms with E-state index in [4.69, 9.17) is 5.14 Å². The zero-order chi connectivity index (χ0) is 7.56. The molecule has 0 fully saturated rings. The Hall–Kier alpha value is -0.530. The molecular weight excluding hydrogens is 172 g/mol. The minimum atomic E-state index is -1.50. The number of hydrogen-bond donors (Lipinski definition) is 2. The van der Waals surface area contributed by atoms with Crippen molar-refractivity contribution < 1.29 is 4.21 Å². The summed E-state index contributed by atoms with van der Waals surface area (Å²) in [5.74, 6) is 0. The standard InChI is InChI=1S/C3H6N4OS2/c1-5-2-6-7-3(9-2)10(4)8/h4H2,1H3,(H,5,6). The summed E-state index contributed by atoms with van der Waals surface area (Å²) in [4.78, 5) is 0. The Morgan fingerprint density at radius 2 is 2.40 bits per heavy atom. The van der Waals surface area contributed by atoms with Gasteiger partial charge in [-0.2, -0.15) is 0 Å². The van der Waals surface area contributed by atoms with Crippen LogP contribution in [-0.2, 0) is 11.0 Å². The predicted octanol–water partition coefficient (Wildman–Crippen LogP) is -0.439. The Morgan fingerprint density at radius 1 is 1.70 bits per heavy atom. The summed E-state index contributed by atoms with van der Waals surface area (Å²) in [6, 6.07) is 0. The van der Waals surface area contributed by atoms with Crippen molar-refractivity contribution >= 4 is 27.5 Å². The van der Waals surface area contributed by atoms with E-state index in [1.807, 2.05) is 0 Å². The highest BCUT2D eigenvalue weighted by Crippen LogP contribution is 2.15. The summed E-state index contributed by atoms with van der Waals surface area (Å²) in [7, 11) is 0.207. The normalized spacial score (nSPS) is 13.0. The lowest BCUT2D eigenvalue weighted by atomic mass is 11.1. The molecule has 56 valence electrons. The van der Waals surface area contributed by atoms with Crippen LogP contribution in [0, 0.1) is 0 Å². The first-order valence-electron chi connectivity index (χ1n) is 2.41. The molecule has 10 heavy (non-hydrogen) atoms. The van der Waals surface area contributed by atoms with Gasteiger partial charge < -0.3 is 5.32 Å². The first kappa shape index (κ1) is 7.58. The fraction of sp³-hybridized carbons (Fsp3) is 0.333.